The lowest BCUT2D eigenvalue weighted by atomic mass is 10.2. The maximum absolute atomic E-state index is 9.57. The smallest absolute Gasteiger partial charge is 0.190 e. The SMILES string of the molecule is C[C@H]1OC2OC(C)(C)O[C@@H]2[C@H]1O. The Kier molecular flexibility index (Phi) is 1.70. The van der Waals surface area contributed by atoms with Crippen molar-refractivity contribution in [3.05, 3.63) is 0 Å². The van der Waals surface area contributed by atoms with Crippen LogP contribution < -0.4 is 0 Å². The van der Waals surface area contributed by atoms with Gasteiger partial charge in [0.2, 0.25) is 0 Å². The van der Waals surface area contributed by atoms with Gasteiger partial charge in [0, 0.05) is 0 Å². The first-order chi connectivity index (χ1) is 5.49. The second-order valence-corrected chi connectivity index (χ2v) is 3.80. The van der Waals surface area contributed by atoms with Gasteiger partial charge in [-0.3, -0.25) is 0 Å². The highest BCUT2D eigenvalue weighted by Crippen LogP contribution is 2.36. The summed E-state index contributed by atoms with van der Waals surface area (Å²) in [5, 5.41) is 9.57. The third kappa shape index (κ3) is 1.15. The Balaban J connectivity index is 2.11. The third-order valence-corrected chi connectivity index (χ3v) is 2.25. The monoisotopic (exact) mass is 174 g/mol. The molecule has 12 heavy (non-hydrogen) atoms. The van der Waals surface area contributed by atoms with Gasteiger partial charge >= 0.3 is 0 Å². The Morgan fingerprint density at radius 1 is 1.25 bits per heavy atom. The number of ether oxygens (including phenoxy) is 3. The van der Waals surface area contributed by atoms with E-state index < -0.39 is 18.2 Å². The standard InChI is InChI=1S/C8H14O4/c1-4-5(9)6-7(10-4)12-8(2,3)11-6/h4-7,9H,1-3H3/t4-,5+,6-,7?/m1/s1. The van der Waals surface area contributed by atoms with Gasteiger partial charge in [0.1, 0.15) is 12.2 Å². The summed E-state index contributed by atoms with van der Waals surface area (Å²) in [7, 11) is 0. The van der Waals surface area contributed by atoms with Gasteiger partial charge in [-0.05, 0) is 20.8 Å². The molecular formula is C8H14O4. The highest BCUT2D eigenvalue weighted by Gasteiger charge is 2.52. The first-order valence-electron chi connectivity index (χ1n) is 4.19. The van der Waals surface area contributed by atoms with E-state index in [1.54, 1.807) is 0 Å². The molecule has 0 spiro atoms. The minimum absolute atomic E-state index is 0.198. The zero-order valence-corrected chi connectivity index (χ0v) is 7.48. The zero-order chi connectivity index (χ0) is 8.93. The van der Waals surface area contributed by atoms with Crippen molar-refractivity contribution in [2.45, 2.75) is 51.2 Å². The summed E-state index contributed by atoms with van der Waals surface area (Å²) in [5.41, 5.74) is 0. The topological polar surface area (TPSA) is 47.9 Å². The normalized spacial score (nSPS) is 51.0. The molecule has 2 aliphatic heterocycles. The highest BCUT2D eigenvalue weighted by molar-refractivity contribution is 4.90. The van der Waals surface area contributed by atoms with Crippen LogP contribution in [-0.4, -0.2) is 35.5 Å². The van der Waals surface area contributed by atoms with E-state index in [-0.39, 0.29) is 12.2 Å². The maximum atomic E-state index is 9.57. The quantitative estimate of drug-likeness (QED) is 0.571. The van der Waals surface area contributed by atoms with Crippen LogP contribution in [0.1, 0.15) is 20.8 Å². The van der Waals surface area contributed by atoms with Crippen LogP contribution in [0.4, 0.5) is 0 Å². The van der Waals surface area contributed by atoms with Crippen molar-refractivity contribution in [3.63, 3.8) is 0 Å². The van der Waals surface area contributed by atoms with E-state index in [1.807, 2.05) is 20.8 Å². The van der Waals surface area contributed by atoms with Gasteiger partial charge in [0.15, 0.2) is 12.1 Å². The molecule has 0 aliphatic carbocycles. The van der Waals surface area contributed by atoms with Gasteiger partial charge in [0.05, 0.1) is 6.10 Å². The van der Waals surface area contributed by atoms with E-state index in [0.29, 0.717) is 0 Å². The molecule has 70 valence electrons. The fourth-order valence-electron chi connectivity index (χ4n) is 1.65. The first-order valence-corrected chi connectivity index (χ1v) is 4.19. The van der Waals surface area contributed by atoms with Crippen LogP contribution in [0, 0.1) is 0 Å². The van der Waals surface area contributed by atoms with E-state index >= 15 is 0 Å². The van der Waals surface area contributed by atoms with Gasteiger partial charge in [-0.25, -0.2) is 0 Å². The summed E-state index contributed by atoms with van der Waals surface area (Å²) in [6.45, 7) is 5.43. The number of hydrogen-bond donors (Lipinski definition) is 1. The molecule has 2 fully saturated rings. The average molecular weight is 174 g/mol. The second-order valence-electron chi connectivity index (χ2n) is 3.80. The Bertz CT molecular complexity index is 191. The highest BCUT2D eigenvalue weighted by atomic mass is 16.8. The molecule has 4 heteroatoms. The molecule has 0 bridgehead atoms. The van der Waals surface area contributed by atoms with Crippen molar-refractivity contribution in [1.82, 2.24) is 0 Å². The van der Waals surface area contributed by atoms with Gasteiger partial charge in [-0.15, -0.1) is 0 Å². The molecule has 4 nitrogen and oxygen atoms in total. The number of aliphatic hydroxyl groups is 1. The molecule has 4 atom stereocenters. The minimum Gasteiger partial charge on any atom is -0.387 e. The maximum Gasteiger partial charge on any atom is 0.190 e. The summed E-state index contributed by atoms with van der Waals surface area (Å²) in [5.74, 6) is -0.629. The third-order valence-electron chi connectivity index (χ3n) is 2.25. The molecule has 0 radical (unpaired) electrons. The molecule has 0 amide bonds. The average Bonchev–Trinajstić information content (AvgIpc) is 2.33. The molecule has 0 saturated carbocycles. The molecule has 0 aromatic rings. The summed E-state index contributed by atoms with van der Waals surface area (Å²) in [6, 6.07) is 0. The minimum atomic E-state index is -0.629. The van der Waals surface area contributed by atoms with Crippen molar-refractivity contribution < 1.29 is 19.3 Å². The second kappa shape index (κ2) is 2.42. The van der Waals surface area contributed by atoms with E-state index in [9.17, 15) is 5.11 Å². The van der Waals surface area contributed by atoms with E-state index in [1.165, 1.54) is 0 Å². The zero-order valence-electron chi connectivity index (χ0n) is 7.48. The predicted molar refractivity (Wildman–Crippen MR) is 40.4 cm³/mol. The Morgan fingerprint density at radius 2 is 1.92 bits per heavy atom. The molecule has 0 aromatic carbocycles. The Hall–Kier alpha value is -0.160. The van der Waals surface area contributed by atoms with Crippen LogP contribution >= 0.6 is 0 Å². The van der Waals surface area contributed by atoms with E-state index in [0.717, 1.165) is 0 Å². The van der Waals surface area contributed by atoms with Crippen LogP contribution in [-0.2, 0) is 14.2 Å². The summed E-state index contributed by atoms with van der Waals surface area (Å²) in [4.78, 5) is 0. The molecular weight excluding hydrogens is 160 g/mol. The number of fused-ring (bicyclic) bond motifs is 1. The molecule has 2 rings (SSSR count). The molecule has 2 heterocycles. The summed E-state index contributed by atoms with van der Waals surface area (Å²) in [6.07, 6.45) is -1.49. The van der Waals surface area contributed by atoms with Crippen molar-refractivity contribution in [1.29, 1.82) is 0 Å². The lowest BCUT2D eigenvalue weighted by Crippen LogP contribution is -2.33. The van der Waals surface area contributed by atoms with Crippen LogP contribution in [0.3, 0.4) is 0 Å². The van der Waals surface area contributed by atoms with Gasteiger partial charge in [-0.2, -0.15) is 0 Å². The predicted octanol–water partition coefficient (Wildman–Crippen LogP) is 0.244. The molecule has 2 aliphatic rings. The van der Waals surface area contributed by atoms with Gasteiger partial charge in [-0.1, -0.05) is 0 Å². The Labute approximate surface area is 71.4 Å². The lowest BCUT2D eigenvalue weighted by molar-refractivity contribution is -0.212. The van der Waals surface area contributed by atoms with Crippen LogP contribution in [0.25, 0.3) is 0 Å². The summed E-state index contributed by atoms with van der Waals surface area (Å²) >= 11 is 0. The first kappa shape index (κ1) is 8.44. The van der Waals surface area contributed by atoms with Crippen molar-refractivity contribution in [2.24, 2.45) is 0 Å². The molecule has 1 unspecified atom stereocenters. The van der Waals surface area contributed by atoms with Crippen molar-refractivity contribution in [2.75, 3.05) is 0 Å². The fourth-order valence-corrected chi connectivity index (χ4v) is 1.65. The van der Waals surface area contributed by atoms with Gasteiger partial charge in [0.25, 0.3) is 0 Å². The van der Waals surface area contributed by atoms with Crippen LogP contribution in [0.2, 0.25) is 0 Å². The molecule has 2 saturated heterocycles. The molecule has 1 N–H and O–H groups in total. The fraction of sp³-hybridized carbons (Fsp3) is 1.00. The number of rotatable bonds is 0. The van der Waals surface area contributed by atoms with Gasteiger partial charge < -0.3 is 19.3 Å². The van der Waals surface area contributed by atoms with Crippen molar-refractivity contribution in [3.8, 4) is 0 Å². The largest absolute Gasteiger partial charge is 0.387 e. The molecule has 0 aromatic heterocycles. The number of aliphatic hydroxyl groups excluding tert-OH is 1. The lowest BCUT2D eigenvalue weighted by Gasteiger charge is -2.20. The number of hydrogen-bond acceptors (Lipinski definition) is 4. The van der Waals surface area contributed by atoms with E-state index in [2.05, 4.69) is 0 Å². The Morgan fingerprint density at radius 3 is 2.50 bits per heavy atom. The van der Waals surface area contributed by atoms with Crippen LogP contribution in [0.15, 0.2) is 0 Å². The van der Waals surface area contributed by atoms with Crippen LogP contribution in [0.5, 0.6) is 0 Å². The summed E-state index contributed by atoms with van der Waals surface area (Å²) < 4.78 is 16.2. The van der Waals surface area contributed by atoms with Crippen molar-refractivity contribution >= 4 is 0 Å². The van der Waals surface area contributed by atoms with E-state index in [4.69, 9.17) is 14.2 Å².